The summed E-state index contributed by atoms with van der Waals surface area (Å²) in [6, 6.07) is 10.1. The Hall–Kier alpha value is -5.98. The zero-order valence-corrected chi connectivity index (χ0v) is 29.5. The van der Waals surface area contributed by atoms with E-state index in [0.717, 1.165) is 16.8 Å². The molecular weight excluding hydrogens is 663 g/mol. The van der Waals surface area contributed by atoms with Crippen molar-refractivity contribution in [3.63, 3.8) is 0 Å². The summed E-state index contributed by atoms with van der Waals surface area (Å²) in [6.45, 7) is 11.8. The van der Waals surface area contributed by atoms with E-state index in [2.05, 4.69) is 26.8 Å². The molecule has 2 saturated heterocycles. The van der Waals surface area contributed by atoms with Crippen molar-refractivity contribution in [2.45, 2.75) is 39.7 Å². The molecule has 2 N–H and O–H groups in total. The van der Waals surface area contributed by atoms with Crippen LogP contribution in [-0.2, 0) is 11.2 Å². The molecule has 3 aromatic heterocycles. The normalized spacial score (nSPS) is 16.2. The summed E-state index contributed by atoms with van der Waals surface area (Å²) in [5.74, 6) is 0.142. The number of aromatic amines is 1. The van der Waals surface area contributed by atoms with E-state index in [0.29, 0.717) is 68.6 Å². The number of piperazine rings is 1. The van der Waals surface area contributed by atoms with Gasteiger partial charge in [0.2, 0.25) is 17.3 Å². The number of aromatic nitrogens is 4. The number of nitrogens with one attached hydrogen (secondary N) is 2. The number of allylic oxidation sites excluding steroid dienone is 1. The molecule has 2 amide bonds. The van der Waals surface area contributed by atoms with E-state index in [1.807, 2.05) is 55.0 Å². The number of benzene rings is 2. The molecule has 2 aromatic carbocycles. The van der Waals surface area contributed by atoms with Gasteiger partial charge in [-0.15, -0.1) is 6.58 Å². The van der Waals surface area contributed by atoms with Crippen LogP contribution < -0.4 is 25.3 Å². The molecule has 0 radical (unpaired) electrons. The minimum atomic E-state index is -0.628. The van der Waals surface area contributed by atoms with E-state index >= 15 is 4.39 Å². The van der Waals surface area contributed by atoms with Crippen LogP contribution in [0.15, 0.2) is 78.6 Å². The van der Waals surface area contributed by atoms with E-state index in [-0.39, 0.29) is 40.8 Å². The van der Waals surface area contributed by atoms with Crippen LogP contribution >= 0.6 is 0 Å². The standard InChI is InChI=1S/C36H35FN8O4.C3H6/c1-21-22(2)40-18-23(21)16-30(46)41-24-8-11-44(19-24)32-27(37)17-25-31-34(32)49-29-7-4-3-6-28(29)45(31)20-26(33(25)47)35(48)42-12-14-43(15-13-42)36-38-9-5-10-39-36;1-3-2/h3-7,9-10,17-18,20,24,40H,8,11-16,19H2,1-2H3,(H,41,46);3H,1H2,2H3. The highest BCUT2D eigenvalue weighted by Crippen LogP contribution is 2.47. The minimum Gasteiger partial charge on any atom is -0.451 e. The van der Waals surface area contributed by atoms with Gasteiger partial charge in [0.25, 0.3) is 5.91 Å². The third kappa shape index (κ3) is 6.38. The molecule has 3 aliphatic rings. The number of anilines is 2. The predicted octanol–water partition coefficient (Wildman–Crippen LogP) is 5.06. The summed E-state index contributed by atoms with van der Waals surface area (Å²) in [6.07, 6.45) is 9.39. The first kappa shape index (κ1) is 34.5. The van der Waals surface area contributed by atoms with Crippen molar-refractivity contribution < 1.29 is 18.7 Å². The zero-order valence-electron chi connectivity index (χ0n) is 29.5. The van der Waals surface area contributed by atoms with Gasteiger partial charge in [-0.1, -0.05) is 18.2 Å². The summed E-state index contributed by atoms with van der Waals surface area (Å²) < 4.78 is 24.4. The fourth-order valence-electron chi connectivity index (χ4n) is 7.11. The molecule has 6 heterocycles. The largest absolute Gasteiger partial charge is 0.451 e. The highest BCUT2D eigenvalue weighted by molar-refractivity contribution is 6.01. The molecule has 13 heteroatoms. The highest BCUT2D eigenvalue weighted by atomic mass is 19.1. The lowest BCUT2D eigenvalue weighted by atomic mass is 10.0. The van der Waals surface area contributed by atoms with Crippen LogP contribution in [-0.4, -0.2) is 81.5 Å². The predicted molar refractivity (Wildman–Crippen MR) is 198 cm³/mol. The molecule has 12 nitrogen and oxygen atoms in total. The van der Waals surface area contributed by atoms with Crippen molar-refractivity contribution in [3.05, 3.63) is 112 Å². The number of para-hydroxylation sites is 2. The maximum Gasteiger partial charge on any atom is 0.259 e. The van der Waals surface area contributed by atoms with Crippen LogP contribution in [0.3, 0.4) is 0 Å². The van der Waals surface area contributed by atoms with Crippen molar-refractivity contribution in [2.24, 2.45) is 0 Å². The molecule has 0 bridgehead atoms. The molecular formula is C39H41FN8O4. The average molecular weight is 705 g/mol. The minimum absolute atomic E-state index is 0.0384. The van der Waals surface area contributed by atoms with Crippen LogP contribution in [0.4, 0.5) is 16.0 Å². The van der Waals surface area contributed by atoms with Gasteiger partial charge in [0.1, 0.15) is 16.8 Å². The van der Waals surface area contributed by atoms with Crippen LogP contribution in [0.1, 0.15) is 40.5 Å². The number of hydrogen-bond acceptors (Lipinski definition) is 8. The average Bonchev–Trinajstić information content (AvgIpc) is 3.74. The van der Waals surface area contributed by atoms with E-state index < -0.39 is 17.2 Å². The molecule has 1 atom stereocenters. The number of nitrogens with zero attached hydrogens (tertiary/aromatic N) is 6. The lowest BCUT2D eigenvalue weighted by molar-refractivity contribution is -0.121. The highest BCUT2D eigenvalue weighted by Gasteiger charge is 2.35. The number of rotatable bonds is 6. The van der Waals surface area contributed by atoms with Gasteiger partial charge < -0.3 is 34.3 Å². The summed E-state index contributed by atoms with van der Waals surface area (Å²) in [5.41, 5.74) is 3.71. The second-order valence-electron chi connectivity index (χ2n) is 13.2. The quantitative estimate of drug-likeness (QED) is 0.230. The SMILES string of the molecule is C=CC.Cc1[nH]cc(CC(=O)NC2CCN(c3c(F)cc4c(=O)c(C(=O)N5CCN(c6ncccn6)CC5)cn5c4c3Oc3ccccc3-5)C2)c1C. The molecule has 1 unspecified atom stereocenters. The molecule has 3 aliphatic heterocycles. The van der Waals surface area contributed by atoms with Gasteiger partial charge in [-0.25, -0.2) is 14.4 Å². The van der Waals surface area contributed by atoms with E-state index in [1.165, 1.54) is 6.07 Å². The Bertz CT molecular complexity index is 2230. The number of hydrogen-bond donors (Lipinski definition) is 2. The number of pyridine rings is 1. The Morgan fingerprint density at radius 2 is 1.81 bits per heavy atom. The van der Waals surface area contributed by atoms with Crippen LogP contribution in [0.5, 0.6) is 11.5 Å². The summed E-state index contributed by atoms with van der Waals surface area (Å²) in [7, 11) is 0. The lowest BCUT2D eigenvalue weighted by Gasteiger charge is -2.35. The lowest BCUT2D eigenvalue weighted by Crippen LogP contribution is -2.50. The molecule has 2 fully saturated rings. The van der Waals surface area contributed by atoms with Crippen molar-refractivity contribution >= 4 is 34.4 Å². The number of carbonyl (C=O) groups excluding carboxylic acids is 2. The summed E-state index contributed by atoms with van der Waals surface area (Å²) in [4.78, 5) is 58.1. The first-order valence-electron chi connectivity index (χ1n) is 17.4. The Kier molecular flexibility index (Phi) is 9.50. The Balaban J connectivity index is 0.00000136. The van der Waals surface area contributed by atoms with Gasteiger partial charge >= 0.3 is 0 Å². The van der Waals surface area contributed by atoms with Crippen molar-refractivity contribution in [1.82, 2.24) is 29.7 Å². The zero-order chi connectivity index (χ0) is 36.5. The molecule has 0 spiro atoms. The maximum atomic E-state index is 16.3. The molecule has 52 heavy (non-hydrogen) atoms. The summed E-state index contributed by atoms with van der Waals surface area (Å²) >= 11 is 0. The van der Waals surface area contributed by atoms with Crippen LogP contribution in [0, 0.1) is 19.7 Å². The Morgan fingerprint density at radius 3 is 2.52 bits per heavy atom. The van der Waals surface area contributed by atoms with Gasteiger partial charge in [0.15, 0.2) is 17.3 Å². The van der Waals surface area contributed by atoms with E-state index in [1.54, 1.807) is 46.3 Å². The number of H-pyrrole nitrogens is 1. The second kappa shape index (κ2) is 14.3. The summed E-state index contributed by atoms with van der Waals surface area (Å²) in [5, 5.41) is 3.17. The Morgan fingerprint density at radius 1 is 1.08 bits per heavy atom. The molecule has 5 aromatic rings. The fraction of sp³-hybridized carbons (Fsp3) is 0.308. The van der Waals surface area contributed by atoms with E-state index in [4.69, 9.17) is 4.74 Å². The van der Waals surface area contributed by atoms with Gasteiger partial charge in [0, 0.05) is 75.8 Å². The molecule has 8 rings (SSSR count). The van der Waals surface area contributed by atoms with E-state index in [9.17, 15) is 14.4 Å². The number of amides is 2. The number of aryl methyl sites for hydroxylation is 1. The number of fused-ring (bicyclic) bond motifs is 2. The van der Waals surface area contributed by atoms with Gasteiger partial charge in [-0.3, -0.25) is 14.4 Å². The monoisotopic (exact) mass is 704 g/mol. The number of halogens is 1. The third-order valence-electron chi connectivity index (χ3n) is 9.87. The van der Waals surface area contributed by atoms with Crippen molar-refractivity contribution in [3.8, 4) is 17.2 Å². The molecule has 0 saturated carbocycles. The second-order valence-corrected chi connectivity index (χ2v) is 13.2. The fourth-order valence-corrected chi connectivity index (χ4v) is 7.11. The molecule has 268 valence electrons. The van der Waals surface area contributed by atoms with Gasteiger partial charge in [0.05, 0.1) is 17.5 Å². The first-order valence-corrected chi connectivity index (χ1v) is 17.4. The van der Waals surface area contributed by atoms with Crippen molar-refractivity contribution in [2.75, 3.05) is 49.1 Å². The van der Waals surface area contributed by atoms with Gasteiger partial charge in [-0.05, 0) is 62.6 Å². The maximum absolute atomic E-state index is 16.3. The Labute approximate surface area is 300 Å². The molecule has 0 aliphatic carbocycles. The van der Waals surface area contributed by atoms with Gasteiger partial charge in [-0.2, -0.15) is 0 Å². The van der Waals surface area contributed by atoms with Crippen molar-refractivity contribution in [1.29, 1.82) is 0 Å². The number of carbonyl (C=O) groups is 2. The van der Waals surface area contributed by atoms with Crippen LogP contribution in [0.2, 0.25) is 0 Å². The third-order valence-corrected chi connectivity index (χ3v) is 9.87. The number of ether oxygens (including phenoxy) is 1. The van der Waals surface area contributed by atoms with Crippen LogP contribution in [0.25, 0.3) is 16.6 Å². The first-order chi connectivity index (χ1) is 25.2. The smallest absolute Gasteiger partial charge is 0.259 e. The topological polar surface area (TPSA) is 129 Å².